The Hall–Kier alpha value is -3.66. The molecule has 1 fully saturated rings. The van der Waals surface area contributed by atoms with E-state index in [1.807, 2.05) is 56.3 Å². The number of benzene rings is 2. The lowest BCUT2D eigenvalue weighted by Crippen LogP contribution is -2.45. The predicted molar refractivity (Wildman–Crippen MR) is 115 cm³/mol. The molecule has 1 heterocycles. The minimum Gasteiger partial charge on any atom is -0.319 e. The van der Waals surface area contributed by atoms with Gasteiger partial charge in [0.2, 0.25) is 5.91 Å². The lowest BCUT2D eigenvalue weighted by molar-refractivity contribution is -0.134. The van der Waals surface area contributed by atoms with Crippen molar-refractivity contribution in [1.82, 2.24) is 10.2 Å². The van der Waals surface area contributed by atoms with E-state index in [-0.39, 0.29) is 19.5 Å². The van der Waals surface area contributed by atoms with Gasteiger partial charge in [0.1, 0.15) is 12.1 Å². The van der Waals surface area contributed by atoms with Gasteiger partial charge in [-0.15, -0.1) is 0 Å². The highest BCUT2D eigenvalue weighted by Crippen LogP contribution is 2.41. The summed E-state index contributed by atoms with van der Waals surface area (Å²) in [6.07, 6.45) is 1.33. The molecule has 1 aliphatic carbocycles. The molecule has 7 heteroatoms. The summed E-state index contributed by atoms with van der Waals surface area (Å²) in [5.74, 6) is -0.790. The Labute approximate surface area is 181 Å². The van der Waals surface area contributed by atoms with Crippen LogP contribution in [0.4, 0.5) is 10.5 Å². The summed E-state index contributed by atoms with van der Waals surface area (Å²) in [4.78, 5) is 41.7. The molecule has 2 aliphatic rings. The lowest BCUT2D eigenvalue weighted by atomic mass is 9.92. The topological polar surface area (TPSA) is 93.5 Å². The molecule has 0 saturated carbocycles. The van der Waals surface area contributed by atoms with Crippen molar-refractivity contribution in [3.63, 3.8) is 0 Å². The van der Waals surface area contributed by atoms with Crippen LogP contribution in [0.1, 0.15) is 35.1 Å². The fourth-order valence-electron chi connectivity index (χ4n) is 4.41. The summed E-state index contributed by atoms with van der Waals surface area (Å²) in [6.45, 7) is 3.75. The van der Waals surface area contributed by atoms with E-state index in [1.165, 1.54) is 4.90 Å². The van der Waals surface area contributed by atoms with Crippen molar-refractivity contribution < 1.29 is 14.4 Å². The highest BCUT2D eigenvalue weighted by molar-refractivity contribution is 6.11. The van der Waals surface area contributed by atoms with Gasteiger partial charge in [-0.1, -0.05) is 30.3 Å². The minimum absolute atomic E-state index is 0.149. The van der Waals surface area contributed by atoms with Gasteiger partial charge in [0, 0.05) is 12.2 Å². The molecule has 2 aromatic carbocycles. The SMILES string of the molecule is Cc1ccc(N(CCC#N)C(=O)CN2C(=O)NC3(CCc4ccccc43)C2=O)cc1C. The molecule has 4 amide bonds. The Bertz CT molecular complexity index is 1120. The number of nitrogens with one attached hydrogen (secondary N) is 1. The van der Waals surface area contributed by atoms with Gasteiger partial charge < -0.3 is 10.2 Å². The Balaban J connectivity index is 1.59. The molecule has 4 rings (SSSR count). The highest BCUT2D eigenvalue weighted by atomic mass is 16.2. The molecule has 7 nitrogen and oxygen atoms in total. The summed E-state index contributed by atoms with van der Waals surface area (Å²) in [5, 5.41) is 11.9. The number of hydrogen-bond donors (Lipinski definition) is 1. The van der Waals surface area contributed by atoms with Crippen molar-refractivity contribution in [2.24, 2.45) is 0 Å². The number of nitriles is 1. The Morgan fingerprint density at radius 3 is 2.71 bits per heavy atom. The fourth-order valence-corrected chi connectivity index (χ4v) is 4.41. The average Bonchev–Trinajstić information content (AvgIpc) is 3.24. The standard InChI is InChI=1S/C24H24N4O3/c1-16-8-9-19(14-17(16)2)27(13-5-12-25)21(29)15-28-22(30)24(26-23(28)31)11-10-18-6-3-4-7-20(18)24/h3-4,6-9,14H,5,10-11,13,15H2,1-2H3,(H,26,31). The van der Waals surface area contributed by atoms with Crippen LogP contribution >= 0.6 is 0 Å². The second-order valence-electron chi connectivity index (χ2n) is 8.11. The van der Waals surface area contributed by atoms with Crippen LogP contribution in [0.2, 0.25) is 0 Å². The third-order valence-corrected chi connectivity index (χ3v) is 6.27. The number of urea groups is 1. The van der Waals surface area contributed by atoms with Crippen molar-refractivity contribution in [3.05, 3.63) is 64.7 Å². The van der Waals surface area contributed by atoms with Crippen LogP contribution in [-0.4, -0.2) is 35.8 Å². The van der Waals surface area contributed by atoms with E-state index in [1.54, 1.807) is 0 Å². The molecule has 0 radical (unpaired) electrons. The van der Waals surface area contributed by atoms with Gasteiger partial charge in [-0.25, -0.2) is 4.79 Å². The molecule has 1 spiro atoms. The normalized spacial score (nSPS) is 19.3. The average molecular weight is 416 g/mol. The molecule has 0 aromatic heterocycles. The maximum Gasteiger partial charge on any atom is 0.325 e. The number of hydrogen-bond acceptors (Lipinski definition) is 4. The zero-order valence-electron chi connectivity index (χ0n) is 17.6. The van der Waals surface area contributed by atoms with Gasteiger partial charge in [0.25, 0.3) is 5.91 Å². The molecule has 1 atom stereocenters. The van der Waals surface area contributed by atoms with Crippen LogP contribution in [0.15, 0.2) is 42.5 Å². The third kappa shape index (κ3) is 3.44. The second-order valence-corrected chi connectivity index (χ2v) is 8.11. The lowest BCUT2D eigenvalue weighted by Gasteiger charge is -2.25. The summed E-state index contributed by atoms with van der Waals surface area (Å²) in [7, 11) is 0. The highest BCUT2D eigenvalue weighted by Gasteiger charge is 2.55. The number of carbonyl (C=O) groups excluding carboxylic acids is 3. The fraction of sp³-hybridized carbons (Fsp3) is 0.333. The van der Waals surface area contributed by atoms with Crippen molar-refractivity contribution in [2.75, 3.05) is 18.0 Å². The van der Waals surface area contributed by atoms with E-state index >= 15 is 0 Å². The maximum absolute atomic E-state index is 13.3. The molecule has 31 heavy (non-hydrogen) atoms. The van der Waals surface area contributed by atoms with Crippen molar-refractivity contribution >= 4 is 23.5 Å². The van der Waals surface area contributed by atoms with Gasteiger partial charge >= 0.3 is 6.03 Å². The molecule has 1 aliphatic heterocycles. The number of carbonyl (C=O) groups is 3. The summed E-state index contributed by atoms with van der Waals surface area (Å²) < 4.78 is 0. The zero-order valence-corrected chi connectivity index (χ0v) is 17.6. The number of anilines is 1. The first-order valence-electron chi connectivity index (χ1n) is 10.3. The Kier molecular flexibility index (Phi) is 5.24. The maximum atomic E-state index is 13.3. The van der Waals surface area contributed by atoms with E-state index in [4.69, 9.17) is 5.26 Å². The molecule has 0 bridgehead atoms. The predicted octanol–water partition coefficient (Wildman–Crippen LogP) is 2.94. The smallest absolute Gasteiger partial charge is 0.319 e. The van der Waals surface area contributed by atoms with E-state index in [9.17, 15) is 14.4 Å². The van der Waals surface area contributed by atoms with E-state index in [0.29, 0.717) is 18.5 Å². The van der Waals surface area contributed by atoms with Crippen LogP contribution in [0, 0.1) is 25.2 Å². The number of nitrogens with zero attached hydrogens (tertiary/aromatic N) is 3. The molecule has 2 aromatic rings. The van der Waals surface area contributed by atoms with Crippen LogP contribution in [-0.2, 0) is 21.5 Å². The second kappa shape index (κ2) is 7.88. The van der Waals surface area contributed by atoms with E-state index in [0.717, 1.165) is 27.2 Å². The summed E-state index contributed by atoms with van der Waals surface area (Å²) in [5.41, 5.74) is 3.51. The van der Waals surface area contributed by atoms with Gasteiger partial charge in [-0.3, -0.25) is 14.5 Å². The number of fused-ring (bicyclic) bond motifs is 2. The van der Waals surface area contributed by atoms with Crippen LogP contribution < -0.4 is 10.2 Å². The molecule has 1 unspecified atom stereocenters. The first-order chi connectivity index (χ1) is 14.9. The Morgan fingerprint density at radius 2 is 1.97 bits per heavy atom. The van der Waals surface area contributed by atoms with Crippen molar-refractivity contribution in [2.45, 2.75) is 38.6 Å². The van der Waals surface area contributed by atoms with Crippen molar-refractivity contribution in [3.8, 4) is 6.07 Å². The van der Waals surface area contributed by atoms with Crippen molar-refractivity contribution in [1.29, 1.82) is 5.26 Å². The quantitative estimate of drug-likeness (QED) is 0.759. The first kappa shape index (κ1) is 20.6. The van der Waals surface area contributed by atoms with Gasteiger partial charge in [-0.2, -0.15) is 5.26 Å². The van der Waals surface area contributed by atoms with E-state index in [2.05, 4.69) is 11.4 Å². The Morgan fingerprint density at radius 1 is 1.19 bits per heavy atom. The van der Waals surface area contributed by atoms with Crippen LogP contribution in [0.3, 0.4) is 0 Å². The zero-order chi connectivity index (χ0) is 22.2. The summed E-state index contributed by atoms with van der Waals surface area (Å²) >= 11 is 0. The molecule has 1 N–H and O–H groups in total. The monoisotopic (exact) mass is 416 g/mol. The third-order valence-electron chi connectivity index (χ3n) is 6.27. The van der Waals surface area contributed by atoms with Gasteiger partial charge in [-0.05, 0) is 61.1 Å². The summed E-state index contributed by atoms with van der Waals surface area (Å²) in [6, 6.07) is 14.7. The molecular weight excluding hydrogens is 392 g/mol. The number of rotatable bonds is 5. The minimum atomic E-state index is -1.09. The van der Waals surface area contributed by atoms with Crippen LogP contribution in [0.25, 0.3) is 0 Å². The van der Waals surface area contributed by atoms with Gasteiger partial charge in [0.05, 0.1) is 12.5 Å². The van der Waals surface area contributed by atoms with E-state index < -0.39 is 23.4 Å². The molecule has 1 saturated heterocycles. The largest absolute Gasteiger partial charge is 0.325 e. The van der Waals surface area contributed by atoms with Crippen LogP contribution in [0.5, 0.6) is 0 Å². The first-order valence-corrected chi connectivity index (χ1v) is 10.3. The number of imide groups is 1. The number of aryl methyl sites for hydroxylation is 3. The molecular formula is C24H24N4O3. The van der Waals surface area contributed by atoms with Gasteiger partial charge in [0.15, 0.2) is 0 Å². The molecule has 158 valence electrons. The number of amides is 4.